The van der Waals surface area contributed by atoms with Crippen molar-refractivity contribution in [2.75, 3.05) is 11.9 Å². The van der Waals surface area contributed by atoms with Crippen LogP contribution in [0, 0.1) is 5.82 Å². The van der Waals surface area contributed by atoms with E-state index < -0.39 is 11.7 Å². The summed E-state index contributed by atoms with van der Waals surface area (Å²) in [6.45, 7) is -0.178. The molecule has 6 heteroatoms. The molecular formula is C16H14ClFN2O2. The molecule has 0 aromatic heterocycles. The lowest BCUT2D eigenvalue weighted by atomic mass is 10.1. The van der Waals surface area contributed by atoms with Gasteiger partial charge in [-0.2, -0.15) is 0 Å². The molecule has 0 atom stereocenters. The SMILES string of the molecule is O=C(Cc1ccc(Cl)cc1)NCC(=O)Nc1cccc(F)c1. The normalized spacial score (nSPS) is 10.1. The van der Waals surface area contributed by atoms with Crippen LogP contribution in [-0.2, 0) is 16.0 Å². The van der Waals surface area contributed by atoms with Crippen LogP contribution >= 0.6 is 11.6 Å². The lowest BCUT2D eigenvalue weighted by Crippen LogP contribution is -2.33. The highest BCUT2D eigenvalue weighted by atomic mass is 35.5. The second-order valence-corrected chi connectivity index (χ2v) is 5.07. The van der Waals surface area contributed by atoms with Gasteiger partial charge in [-0.3, -0.25) is 9.59 Å². The van der Waals surface area contributed by atoms with Gasteiger partial charge in [0.1, 0.15) is 5.82 Å². The van der Waals surface area contributed by atoms with Crippen LogP contribution in [0.1, 0.15) is 5.56 Å². The molecule has 0 fully saturated rings. The van der Waals surface area contributed by atoms with Gasteiger partial charge in [-0.15, -0.1) is 0 Å². The molecule has 2 N–H and O–H groups in total. The van der Waals surface area contributed by atoms with Crippen LogP contribution in [0.25, 0.3) is 0 Å². The zero-order chi connectivity index (χ0) is 15.9. The molecule has 0 spiro atoms. The summed E-state index contributed by atoms with van der Waals surface area (Å²) in [5, 5.41) is 5.60. The summed E-state index contributed by atoms with van der Waals surface area (Å²) < 4.78 is 13.0. The van der Waals surface area contributed by atoms with E-state index in [0.29, 0.717) is 10.7 Å². The fourth-order valence-corrected chi connectivity index (χ4v) is 1.93. The second-order valence-electron chi connectivity index (χ2n) is 4.64. The third-order valence-electron chi connectivity index (χ3n) is 2.83. The van der Waals surface area contributed by atoms with E-state index >= 15 is 0 Å². The van der Waals surface area contributed by atoms with E-state index in [0.717, 1.165) is 5.56 Å². The van der Waals surface area contributed by atoms with Crippen LogP contribution in [0.4, 0.5) is 10.1 Å². The molecule has 0 unspecified atom stereocenters. The summed E-state index contributed by atoms with van der Waals surface area (Å²) in [5.74, 6) is -1.14. The highest BCUT2D eigenvalue weighted by Gasteiger charge is 2.07. The maximum Gasteiger partial charge on any atom is 0.243 e. The number of hydrogen-bond acceptors (Lipinski definition) is 2. The average Bonchev–Trinajstić information content (AvgIpc) is 2.48. The molecule has 0 heterocycles. The van der Waals surface area contributed by atoms with Crippen molar-refractivity contribution in [1.29, 1.82) is 0 Å². The van der Waals surface area contributed by atoms with Gasteiger partial charge < -0.3 is 10.6 Å². The Morgan fingerprint density at radius 2 is 1.77 bits per heavy atom. The predicted octanol–water partition coefficient (Wildman–Crippen LogP) is 2.78. The van der Waals surface area contributed by atoms with E-state index in [1.54, 1.807) is 30.3 Å². The van der Waals surface area contributed by atoms with Gasteiger partial charge in [-0.25, -0.2) is 4.39 Å². The largest absolute Gasteiger partial charge is 0.347 e. The molecule has 4 nitrogen and oxygen atoms in total. The molecule has 0 bridgehead atoms. The quantitative estimate of drug-likeness (QED) is 0.890. The Bertz CT molecular complexity index is 674. The molecule has 0 radical (unpaired) electrons. The number of benzene rings is 2. The van der Waals surface area contributed by atoms with Gasteiger partial charge in [0.15, 0.2) is 0 Å². The highest BCUT2D eigenvalue weighted by Crippen LogP contribution is 2.10. The maximum atomic E-state index is 13.0. The van der Waals surface area contributed by atoms with Crippen LogP contribution in [0.2, 0.25) is 5.02 Å². The number of anilines is 1. The van der Waals surface area contributed by atoms with Gasteiger partial charge in [0.05, 0.1) is 13.0 Å². The van der Waals surface area contributed by atoms with Gasteiger partial charge in [-0.1, -0.05) is 29.8 Å². The molecular weight excluding hydrogens is 307 g/mol. The van der Waals surface area contributed by atoms with E-state index in [9.17, 15) is 14.0 Å². The number of carbonyl (C=O) groups is 2. The molecule has 2 amide bonds. The first-order valence-electron chi connectivity index (χ1n) is 6.59. The second kappa shape index (κ2) is 7.56. The molecule has 0 aliphatic carbocycles. The molecule has 0 saturated heterocycles. The van der Waals surface area contributed by atoms with Crippen LogP contribution in [0.15, 0.2) is 48.5 Å². The van der Waals surface area contributed by atoms with Gasteiger partial charge in [0.25, 0.3) is 0 Å². The van der Waals surface area contributed by atoms with Crippen LogP contribution < -0.4 is 10.6 Å². The third-order valence-corrected chi connectivity index (χ3v) is 3.08. The zero-order valence-corrected chi connectivity index (χ0v) is 12.4. The Kier molecular flexibility index (Phi) is 5.49. The van der Waals surface area contributed by atoms with Crippen molar-refractivity contribution >= 4 is 29.1 Å². The Morgan fingerprint density at radius 3 is 2.45 bits per heavy atom. The lowest BCUT2D eigenvalue weighted by molar-refractivity contribution is -0.123. The van der Waals surface area contributed by atoms with Crippen molar-refractivity contribution in [3.63, 3.8) is 0 Å². The molecule has 2 aromatic carbocycles. The number of hydrogen-bond donors (Lipinski definition) is 2. The van der Waals surface area contributed by atoms with E-state index in [-0.39, 0.29) is 18.9 Å². The Labute approximate surface area is 132 Å². The topological polar surface area (TPSA) is 58.2 Å². The summed E-state index contributed by atoms with van der Waals surface area (Å²) in [7, 11) is 0. The summed E-state index contributed by atoms with van der Waals surface area (Å²) in [6, 6.07) is 12.4. The van der Waals surface area contributed by atoms with Crippen molar-refractivity contribution in [3.8, 4) is 0 Å². The van der Waals surface area contributed by atoms with Crippen LogP contribution in [-0.4, -0.2) is 18.4 Å². The van der Waals surface area contributed by atoms with Crippen molar-refractivity contribution < 1.29 is 14.0 Å². The van der Waals surface area contributed by atoms with Gasteiger partial charge in [0, 0.05) is 10.7 Å². The minimum atomic E-state index is -0.440. The number of carbonyl (C=O) groups excluding carboxylic acids is 2. The minimum Gasteiger partial charge on any atom is -0.347 e. The molecule has 114 valence electrons. The average molecular weight is 321 g/mol. The molecule has 22 heavy (non-hydrogen) atoms. The standard InChI is InChI=1S/C16H14ClFN2O2/c17-12-6-4-11(5-7-12)8-15(21)19-10-16(22)20-14-3-1-2-13(18)9-14/h1-7,9H,8,10H2,(H,19,21)(H,20,22). The molecule has 2 rings (SSSR count). The van der Waals surface area contributed by atoms with E-state index in [1.165, 1.54) is 18.2 Å². The van der Waals surface area contributed by atoms with Gasteiger partial charge >= 0.3 is 0 Å². The van der Waals surface area contributed by atoms with Gasteiger partial charge in [-0.05, 0) is 35.9 Å². The Hall–Kier alpha value is -2.40. The summed E-state index contributed by atoms with van der Waals surface area (Å²) in [4.78, 5) is 23.4. The number of rotatable bonds is 5. The fraction of sp³-hybridized carbons (Fsp3) is 0.125. The number of nitrogens with one attached hydrogen (secondary N) is 2. The Balaban J connectivity index is 1.78. The summed E-state index contributed by atoms with van der Waals surface area (Å²) >= 11 is 5.76. The van der Waals surface area contributed by atoms with E-state index in [4.69, 9.17) is 11.6 Å². The van der Waals surface area contributed by atoms with Gasteiger partial charge in [0.2, 0.25) is 11.8 Å². The van der Waals surface area contributed by atoms with Crippen molar-refractivity contribution in [3.05, 3.63) is 64.9 Å². The number of amides is 2. The smallest absolute Gasteiger partial charge is 0.243 e. The first-order chi connectivity index (χ1) is 10.5. The maximum absolute atomic E-state index is 13.0. The fourth-order valence-electron chi connectivity index (χ4n) is 1.80. The lowest BCUT2D eigenvalue weighted by Gasteiger charge is -2.07. The van der Waals surface area contributed by atoms with Crippen molar-refractivity contribution in [2.45, 2.75) is 6.42 Å². The van der Waals surface area contributed by atoms with Crippen molar-refractivity contribution in [2.24, 2.45) is 0 Å². The first-order valence-corrected chi connectivity index (χ1v) is 6.97. The van der Waals surface area contributed by atoms with Crippen LogP contribution in [0.3, 0.4) is 0 Å². The highest BCUT2D eigenvalue weighted by molar-refractivity contribution is 6.30. The minimum absolute atomic E-state index is 0.157. The van der Waals surface area contributed by atoms with Crippen LogP contribution in [0.5, 0.6) is 0 Å². The molecule has 2 aromatic rings. The Morgan fingerprint density at radius 1 is 1.05 bits per heavy atom. The van der Waals surface area contributed by atoms with E-state index in [1.807, 2.05) is 0 Å². The number of halogens is 2. The summed E-state index contributed by atoms with van der Waals surface area (Å²) in [6.07, 6.45) is 0.157. The monoisotopic (exact) mass is 320 g/mol. The van der Waals surface area contributed by atoms with Crippen molar-refractivity contribution in [1.82, 2.24) is 5.32 Å². The predicted molar refractivity (Wildman–Crippen MR) is 83.2 cm³/mol. The third kappa shape index (κ3) is 5.18. The zero-order valence-electron chi connectivity index (χ0n) is 11.6. The first kappa shape index (κ1) is 16.0. The molecule has 0 aliphatic rings. The molecule has 0 aliphatic heterocycles. The summed E-state index contributed by atoms with van der Waals surface area (Å²) in [5.41, 5.74) is 1.14. The molecule has 0 saturated carbocycles. The van der Waals surface area contributed by atoms with E-state index in [2.05, 4.69) is 10.6 Å².